The quantitative estimate of drug-likeness (QED) is 0.285. The Balaban J connectivity index is 1.30. The second-order valence-corrected chi connectivity index (χ2v) is 10.6. The molecular formula is C29H26N6O3S. The molecule has 0 bridgehead atoms. The minimum absolute atomic E-state index is 0.0158. The summed E-state index contributed by atoms with van der Waals surface area (Å²) in [6.07, 6.45) is 7.80. The van der Waals surface area contributed by atoms with Crippen LogP contribution in [0.3, 0.4) is 0 Å². The van der Waals surface area contributed by atoms with Crippen LogP contribution in [0.1, 0.15) is 35.4 Å². The summed E-state index contributed by atoms with van der Waals surface area (Å²) in [5, 5.41) is 9.72. The summed E-state index contributed by atoms with van der Waals surface area (Å²) in [5.41, 5.74) is 3.48. The number of benzene rings is 1. The Hall–Kier alpha value is -4.57. The predicted octanol–water partition coefficient (Wildman–Crippen LogP) is 5.39. The summed E-state index contributed by atoms with van der Waals surface area (Å²) in [4.78, 5) is 50.3. The van der Waals surface area contributed by atoms with Crippen molar-refractivity contribution >= 4 is 56.5 Å². The van der Waals surface area contributed by atoms with Gasteiger partial charge in [-0.25, -0.2) is 9.78 Å². The van der Waals surface area contributed by atoms with Crippen LogP contribution in [0.15, 0.2) is 73.6 Å². The van der Waals surface area contributed by atoms with Gasteiger partial charge in [-0.15, -0.1) is 11.3 Å². The lowest BCUT2D eigenvalue weighted by Crippen LogP contribution is -2.45. The Bertz CT molecular complexity index is 1600. The van der Waals surface area contributed by atoms with Crippen molar-refractivity contribution in [2.45, 2.75) is 37.8 Å². The van der Waals surface area contributed by atoms with Gasteiger partial charge in [0.15, 0.2) is 0 Å². The number of hydrogen-bond acceptors (Lipinski definition) is 6. The zero-order chi connectivity index (χ0) is 26.9. The molecule has 1 saturated carbocycles. The standard InChI is InChI=1S/C29H26N6O3S/c1-2-23(36)32-18-9-6-10-19(15-18)33-27(37)26-25-24-22(12-14-31-28(24)39-26)35(29(38)34-25)20-11-13-30-21(16-20)17-7-4-3-5-8-17/h2-5,7-8,11-14,16,18-19H,1,6,9-10,15H2,(H,32,36)(H,33,37)(H,34,38). The molecule has 2 unspecified atom stereocenters. The number of amides is 4. The third-order valence-electron chi connectivity index (χ3n) is 7.06. The molecule has 3 aromatic heterocycles. The van der Waals surface area contributed by atoms with E-state index in [4.69, 9.17) is 0 Å². The Morgan fingerprint density at radius 3 is 2.62 bits per heavy atom. The highest BCUT2D eigenvalue weighted by Gasteiger charge is 2.34. The first-order valence-electron chi connectivity index (χ1n) is 12.8. The van der Waals surface area contributed by atoms with E-state index in [9.17, 15) is 14.4 Å². The minimum Gasteiger partial charge on any atom is -0.350 e. The highest BCUT2D eigenvalue weighted by Crippen LogP contribution is 2.46. The fourth-order valence-electron chi connectivity index (χ4n) is 5.29. The van der Waals surface area contributed by atoms with Gasteiger partial charge >= 0.3 is 6.03 Å². The van der Waals surface area contributed by atoms with Crippen molar-refractivity contribution in [1.82, 2.24) is 20.6 Å². The number of hydrogen-bond donors (Lipinski definition) is 3. The second kappa shape index (κ2) is 10.3. The molecule has 6 rings (SSSR count). The fourth-order valence-corrected chi connectivity index (χ4v) is 6.31. The third-order valence-corrected chi connectivity index (χ3v) is 8.16. The molecule has 4 aromatic rings. The molecule has 1 aromatic carbocycles. The molecule has 3 N–H and O–H groups in total. The first kappa shape index (κ1) is 24.7. The van der Waals surface area contributed by atoms with Crippen molar-refractivity contribution in [2.75, 3.05) is 10.2 Å². The van der Waals surface area contributed by atoms with E-state index in [0.29, 0.717) is 33.2 Å². The van der Waals surface area contributed by atoms with E-state index in [0.717, 1.165) is 35.9 Å². The summed E-state index contributed by atoms with van der Waals surface area (Å²) < 4.78 is 0. The normalized spacial score (nSPS) is 18.4. The summed E-state index contributed by atoms with van der Waals surface area (Å²) in [6, 6.07) is 14.7. The van der Waals surface area contributed by atoms with Gasteiger partial charge in [0.25, 0.3) is 5.91 Å². The number of rotatable bonds is 6. The summed E-state index contributed by atoms with van der Waals surface area (Å²) in [6.45, 7) is 3.51. The number of carbonyl (C=O) groups excluding carboxylic acids is 3. The maximum atomic E-state index is 13.5. The molecule has 4 amide bonds. The van der Waals surface area contributed by atoms with Crippen LogP contribution < -0.4 is 20.9 Å². The number of anilines is 3. The van der Waals surface area contributed by atoms with Crippen LogP contribution in [-0.4, -0.2) is 39.9 Å². The molecule has 10 heteroatoms. The second-order valence-electron chi connectivity index (χ2n) is 9.59. The number of nitrogens with one attached hydrogen (secondary N) is 3. The molecular weight excluding hydrogens is 512 g/mol. The van der Waals surface area contributed by atoms with E-state index in [-0.39, 0.29) is 29.9 Å². The van der Waals surface area contributed by atoms with E-state index < -0.39 is 0 Å². The first-order valence-corrected chi connectivity index (χ1v) is 13.6. The van der Waals surface area contributed by atoms with Crippen molar-refractivity contribution in [2.24, 2.45) is 0 Å². The van der Waals surface area contributed by atoms with Crippen molar-refractivity contribution in [3.05, 3.63) is 78.5 Å². The van der Waals surface area contributed by atoms with Crippen LogP contribution in [0.25, 0.3) is 21.5 Å². The van der Waals surface area contributed by atoms with Crippen LogP contribution in [0.4, 0.5) is 21.9 Å². The predicted molar refractivity (Wildman–Crippen MR) is 152 cm³/mol. The minimum atomic E-state index is -0.363. The maximum Gasteiger partial charge on any atom is 0.331 e. The Labute approximate surface area is 229 Å². The van der Waals surface area contributed by atoms with Gasteiger partial charge in [-0.3, -0.25) is 19.5 Å². The molecule has 39 heavy (non-hydrogen) atoms. The van der Waals surface area contributed by atoms with Crippen molar-refractivity contribution in [3.8, 4) is 11.3 Å². The molecule has 1 fully saturated rings. The fraction of sp³-hybridized carbons (Fsp3) is 0.207. The number of carbonyl (C=O) groups is 3. The van der Waals surface area contributed by atoms with Gasteiger partial charge in [-0.05, 0) is 50.0 Å². The summed E-state index contributed by atoms with van der Waals surface area (Å²) in [7, 11) is 0. The van der Waals surface area contributed by atoms with E-state index in [1.54, 1.807) is 29.4 Å². The van der Waals surface area contributed by atoms with E-state index >= 15 is 0 Å². The third kappa shape index (κ3) is 4.74. The molecule has 0 saturated heterocycles. The van der Waals surface area contributed by atoms with Crippen LogP contribution >= 0.6 is 11.3 Å². The van der Waals surface area contributed by atoms with Crippen LogP contribution in [0.5, 0.6) is 0 Å². The van der Waals surface area contributed by atoms with Crippen LogP contribution in [0.2, 0.25) is 0 Å². The Kier molecular flexibility index (Phi) is 6.54. The topological polar surface area (TPSA) is 116 Å². The molecule has 196 valence electrons. The summed E-state index contributed by atoms with van der Waals surface area (Å²) >= 11 is 1.25. The average Bonchev–Trinajstić information content (AvgIpc) is 3.33. The Morgan fingerprint density at radius 1 is 1.05 bits per heavy atom. The molecule has 0 spiro atoms. The van der Waals surface area contributed by atoms with Gasteiger partial charge in [0.05, 0.1) is 28.1 Å². The van der Waals surface area contributed by atoms with Crippen molar-refractivity contribution < 1.29 is 14.4 Å². The lowest BCUT2D eigenvalue weighted by Gasteiger charge is -2.30. The molecule has 2 atom stereocenters. The lowest BCUT2D eigenvalue weighted by molar-refractivity contribution is -0.117. The van der Waals surface area contributed by atoms with Gasteiger partial charge in [-0.2, -0.15) is 0 Å². The summed E-state index contributed by atoms with van der Waals surface area (Å²) in [5.74, 6) is -0.472. The number of urea groups is 1. The molecule has 4 heterocycles. The SMILES string of the molecule is C=CC(=O)NC1CCCC(NC(=O)c2sc3nccc4c3c2NC(=O)N4c2ccnc(-c3ccccc3)c2)C1. The average molecular weight is 539 g/mol. The van der Waals surface area contributed by atoms with Gasteiger partial charge in [-0.1, -0.05) is 36.9 Å². The maximum absolute atomic E-state index is 13.5. The van der Waals surface area contributed by atoms with Crippen molar-refractivity contribution in [3.63, 3.8) is 0 Å². The zero-order valence-electron chi connectivity index (χ0n) is 21.0. The Morgan fingerprint density at radius 2 is 1.82 bits per heavy atom. The zero-order valence-corrected chi connectivity index (χ0v) is 21.8. The van der Waals surface area contributed by atoms with Gasteiger partial charge in [0.2, 0.25) is 5.91 Å². The molecule has 9 nitrogen and oxygen atoms in total. The lowest BCUT2D eigenvalue weighted by atomic mass is 9.91. The monoisotopic (exact) mass is 538 g/mol. The molecule has 2 aliphatic rings. The highest BCUT2D eigenvalue weighted by atomic mass is 32.1. The van der Waals surface area contributed by atoms with Crippen LogP contribution in [0, 0.1) is 0 Å². The van der Waals surface area contributed by atoms with Crippen LogP contribution in [-0.2, 0) is 4.79 Å². The van der Waals surface area contributed by atoms with Gasteiger partial charge in [0.1, 0.15) is 9.71 Å². The van der Waals surface area contributed by atoms with E-state index in [1.807, 2.05) is 36.4 Å². The number of pyridine rings is 2. The first-order chi connectivity index (χ1) is 19.0. The highest BCUT2D eigenvalue weighted by molar-refractivity contribution is 7.21. The number of aromatic nitrogens is 2. The molecule has 1 aliphatic carbocycles. The smallest absolute Gasteiger partial charge is 0.331 e. The van der Waals surface area contributed by atoms with Crippen molar-refractivity contribution in [1.29, 1.82) is 0 Å². The molecule has 1 aliphatic heterocycles. The van der Waals surface area contributed by atoms with E-state index in [2.05, 4.69) is 32.5 Å². The van der Waals surface area contributed by atoms with E-state index in [1.165, 1.54) is 17.4 Å². The van der Waals surface area contributed by atoms with Gasteiger partial charge < -0.3 is 16.0 Å². The number of nitrogens with zero attached hydrogens (tertiary/aromatic N) is 3. The molecule has 0 radical (unpaired) electrons. The van der Waals surface area contributed by atoms with Gasteiger partial charge in [0, 0.05) is 30.0 Å². The number of thiophene rings is 1. The largest absolute Gasteiger partial charge is 0.350 e.